The fourth-order valence-corrected chi connectivity index (χ4v) is 1.91. The third kappa shape index (κ3) is 1.84. The first-order valence-corrected chi connectivity index (χ1v) is 5.55. The highest BCUT2D eigenvalue weighted by molar-refractivity contribution is 6.09. The van der Waals surface area contributed by atoms with Gasteiger partial charge in [0.25, 0.3) is 0 Å². The van der Waals surface area contributed by atoms with Gasteiger partial charge in [0.2, 0.25) is 0 Å². The van der Waals surface area contributed by atoms with Gasteiger partial charge < -0.3 is 5.73 Å². The molecular weight excluding hydrogens is 174 g/mol. The van der Waals surface area contributed by atoms with Crippen LogP contribution in [0.15, 0.2) is 11.3 Å². The van der Waals surface area contributed by atoms with E-state index in [1.54, 1.807) is 0 Å². The Balaban J connectivity index is 2.40. The molecule has 80 valence electrons. The van der Waals surface area contributed by atoms with E-state index >= 15 is 0 Å². The minimum Gasteiger partial charge on any atom is -0.401 e. The Morgan fingerprint density at radius 2 is 1.86 bits per heavy atom. The van der Waals surface area contributed by atoms with E-state index in [1.807, 2.05) is 13.8 Å². The number of Topliss-reactive ketones (excluding diaryl/α,β-unsaturated/α-hetero) is 1. The molecule has 2 nitrogen and oxygen atoms in total. The topological polar surface area (TPSA) is 43.1 Å². The Bertz CT molecular complexity index is 263. The largest absolute Gasteiger partial charge is 0.401 e. The molecule has 2 N–H and O–H groups in total. The summed E-state index contributed by atoms with van der Waals surface area (Å²) in [4.78, 5) is 11.6. The Morgan fingerprint density at radius 1 is 1.21 bits per heavy atom. The Hall–Kier alpha value is -0.790. The lowest BCUT2D eigenvalue weighted by molar-refractivity contribution is -0.124. The lowest BCUT2D eigenvalue weighted by atomic mass is 9.68. The van der Waals surface area contributed by atoms with Crippen LogP contribution >= 0.6 is 0 Å². The van der Waals surface area contributed by atoms with Gasteiger partial charge in [-0.25, -0.2) is 0 Å². The van der Waals surface area contributed by atoms with Crippen LogP contribution in [0, 0.1) is 5.41 Å². The fourth-order valence-electron chi connectivity index (χ4n) is 1.91. The van der Waals surface area contributed by atoms with Crippen molar-refractivity contribution in [2.45, 2.75) is 52.9 Å². The quantitative estimate of drug-likeness (QED) is 0.685. The molecule has 0 atom stereocenters. The molecule has 1 aliphatic carbocycles. The van der Waals surface area contributed by atoms with Crippen molar-refractivity contribution in [3.8, 4) is 0 Å². The highest BCUT2D eigenvalue weighted by atomic mass is 16.1. The monoisotopic (exact) mass is 195 g/mol. The van der Waals surface area contributed by atoms with Gasteiger partial charge in [-0.1, -0.05) is 26.2 Å². The van der Waals surface area contributed by atoms with Crippen molar-refractivity contribution in [3.63, 3.8) is 0 Å². The Morgan fingerprint density at radius 3 is 2.36 bits per heavy atom. The lowest BCUT2D eigenvalue weighted by Crippen LogP contribution is -2.43. The van der Waals surface area contributed by atoms with Crippen molar-refractivity contribution >= 4 is 5.78 Å². The van der Waals surface area contributed by atoms with E-state index in [2.05, 4.69) is 6.92 Å². The number of allylic oxidation sites excluding steroid dienone is 2. The first-order chi connectivity index (χ1) is 6.51. The SMILES string of the molecule is CCCCCCC1=C(N)C(C)(C)C1=O. The normalized spacial score (nSPS) is 19.8. The first kappa shape index (κ1) is 11.3. The molecule has 0 aromatic carbocycles. The zero-order chi connectivity index (χ0) is 10.8. The first-order valence-electron chi connectivity index (χ1n) is 5.55. The zero-order valence-electron chi connectivity index (χ0n) is 9.52. The van der Waals surface area contributed by atoms with Gasteiger partial charge in [0.05, 0.1) is 5.41 Å². The molecule has 0 spiro atoms. The molecule has 0 saturated carbocycles. The third-order valence-corrected chi connectivity index (χ3v) is 3.12. The summed E-state index contributed by atoms with van der Waals surface area (Å²) in [6, 6.07) is 0. The average Bonchev–Trinajstić information content (AvgIpc) is 2.17. The highest BCUT2D eigenvalue weighted by Crippen LogP contribution is 2.41. The van der Waals surface area contributed by atoms with Crippen LogP contribution in [0.3, 0.4) is 0 Å². The predicted octanol–water partition coefficient (Wildman–Crippen LogP) is 2.78. The molecule has 0 aromatic heterocycles. The van der Waals surface area contributed by atoms with E-state index < -0.39 is 0 Å². The summed E-state index contributed by atoms with van der Waals surface area (Å²) in [6.07, 6.45) is 5.68. The van der Waals surface area contributed by atoms with Crippen LogP contribution < -0.4 is 5.73 Å². The number of ketones is 1. The maximum atomic E-state index is 11.6. The van der Waals surface area contributed by atoms with Crippen LogP contribution in [0.5, 0.6) is 0 Å². The number of carbonyl (C=O) groups excluding carboxylic acids is 1. The molecule has 2 heteroatoms. The van der Waals surface area contributed by atoms with Gasteiger partial charge in [0.15, 0.2) is 5.78 Å². The maximum absolute atomic E-state index is 11.6. The molecule has 14 heavy (non-hydrogen) atoms. The molecule has 0 saturated heterocycles. The molecule has 1 rings (SSSR count). The average molecular weight is 195 g/mol. The number of carbonyl (C=O) groups is 1. The van der Waals surface area contributed by atoms with E-state index in [4.69, 9.17) is 5.73 Å². The van der Waals surface area contributed by atoms with Crippen molar-refractivity contribution in [2.24, 2.45) is 11.1 Å². The van der Waals surface area contributed by atoms with Crippen LogP contribution in [0.2, 0.25) is 0 Å². The third-order valence-electron chi connectivity index (χ3n) is 3.12. The Kier molecular flexibility index (Phi) is 3.35. The van der Waals surface area contributed by atoms with Gasteiger partial charge >= 0.3 is 0 Å². The summed E-state index contributed by atoms with van der Waals surface area (Å²) in [6.45, 7) is 5.99. The van der Waals surface area contributed by atoms with E-state index in [0.717, 1.165) is 24.1 Å². The summed E-state index contributed by atoms with van der Waals surface area (Å²) in [7, 11) is 0. The second-order valence-electron chi connectivity index (χ2n) is 4.66. The van der Waals surface area contributed by atoms with Crippen molar-refractivity contribution in [3.05, 3.63) is 11.3 Å². The van der Waals surface area contributed by atoms with Crippen molar-refractivity contribution in [2.75, 3.05) is 0 Å². The van der Waals surface area contributed by atoms with Gasteiger partial charge in [-0.05, 0) is 26.7 Å². The molecule has 0 radical (unpaired) electrons. The van der Waals surface area contributed by atoms with Gasteiger partial charge in [0.1, 0.15) is 0 Å². The van der Waals surface area contributed by atoms with Crippen molar-refractivity contribution in [1.29, 1.82) is 0 Å². The molecule has 0 unspecified atom stereocenters. The molecule has 0 aromatic rings. The summed E-state index contributed by atoms with van der Waals surface area (Å²) >= 11 is 0. The lowest BCUT2D eigenvalue weighted by Gasteiger charge is -2.36. The van der Waals surface area contributed by atoms with Gasteiger partial charge in [-0.3, -0.25) is 4.79 Å². The van der Waals surface area contributed by atoms with Gasteiger partial charge in [-0.2, -0.15) is 0 Å². The zero-order valence-corrected chi connectivity index (χ0v) is 9.52. The molecule has 1 aliphatic rings. The van der Waals surface area contributed by atoms with E-state index in [9.17, 15) is 4.79 Å². The minimum absolute atomic E-state index is 0.256. The fraction of sp³-hybridized carbons (Fsp3) is 0.750. The van der Waals surface area contributed by atoms with E-state index in [-0.39, 0.29) is 11.2 Å². The van der Waals surface area contributed by atoms with Gasteiger partial charge in [-0.15, -0.1) is 0 Å². The Labute approximate surface area is 86.6 Å². The number of hydrogen-bond acceptors (Lipinski definition) is 2. The standard InChI is InChI=1S/C12H21NO/c1-4-5-6-7-8-9-10(13)12(2,3)11(9)14/h4-8,13H2,1-3H3. The second kappa shape index (κ2) is 4.16. The van der Waals surface area contributed by atoms with Crippen LogP contribution in [0.1, 0.15) is 52.9 Å². The second-order valence-corrected chi connectivity index (χ2v) is 4.66. The summed E-state index contributed by atoms with van der Waals surface area (Å²) < 4.78 is 0. The van der Waals surface area contributed by atoms with Crippen molar-refractivity contribution < 1.29 is 4.79 Å². The maximum Gasteiger partial charge on any atom is 0.172 e. The highest BCUT2D eigenvalue weighted by Gasteiger charge is 2.43. The summed E-state index contributed by atoms with van der Waals surface area (Å²) in [5, 5.41) is 0. The van der Waals surface area contributed by atoms with E-state index in [1.165, 1.54) is 19.3 Å². The molecule has 0 aliphatic heterocycles. The molecular formula is C12H21NO. The predicted molar refractivity (Wildman–Crippen MR) is 58.8 cm³/mol. The van der Waals surface area contributed by atoms with Gasteiger partial charge in [0, 0.05) is 11.3 Å². The molecule has 0 amide bonds. The van der Waals surface area contributed by atoms with Crippen LogP contribution in [-0.4, -0.2) is 5.78 Å². The number of rotatable bonds is 5. The molecule has 0 fully saturated rings. The minimum atomic E-state index is -0.375. The van der Waals surface area contributed by atoms with Crippen LogP contribution in [0.4, 0.5) is 0 Å². The summed E-state index contributed by atoms with van der Waals surface area (Å²) in [5.41, 5.74) is 7.20. The summed E-state index contributed by atoms with van der Waals surface area (Å²) in [5.74, 6) is 0.256. The van der Waals surface area contributed by atoms with Crippen molar-refractivity contribution in [1.82, 2.24) is 0 Å². The molecule has 0 heterocycles. The van der Waals surface area contributed by atoms with Crippen LogP contribution in [0.25, 0.3) is 0 Å². The smallest absolute Gasteiger partial charge is 0.172 e. The number of hydrogen-bond donors (Lipinski definition) is 1. The molecule has 0 bridgehead atoms. The number of unbranched alkanes of at least 4 members (excludes halogenated alkanes) is 3. The number of nitrogens with two attached hydrogens (primary N) is 1. The van der Waals surface area contributed by atoms with Crippen LogP contribution in [-0.2, 0) is 4.79 Å². The van der Waals surface area contributed by atoms with E-state index in [0.29, 0.717) is 0 Å².